The van der Waals surface area contributed by atoms with Gasteiger partial charge >= 0.3 is 5.97 Å². The molecule has 0 aliphatic rings. The lowest BCUT2D eigenvalue weighted by atomic mass is 10.1. The lowest BCUT2D eigenvalue weighted by Gasteiger charge is -2.13. The number of carbonyl (C=O) groups is 1. The summed E-state index contributed by atoms with van der Waals surface area (Å²) in [4.78, 5) is 24.8. The Morgan fingerprint density at radius 2 is 2.00 bits per heavy atom. The van der Waals surface area contributed by atoms with Crippen molar-refractivity contribution in [2.45, 2.75) is 39.8 Å². The Bertz CT molecular complexity index is 1060. The van der Waals surface area contributed by atoms with E-state index in [9.17, 15) is 14.7 Å². The highest BCUT2D eigenvalue weighted by molar-refractivity contribution is 5.94. The number of esters is 1. The van der Waals surface area contributed by atoms with Crippen LogP contribution in [0.25, 0.3) is 16.6 Å². The molecule has 0 fully saturated rings. The van der Waals surface area contributed by atoms with Crippen LogP contribution in [-0.4, -0.2) is 37.2 Å². The predicted molar refractivity (Wildman–Crippen MR) is 100 cm³/mol. The van der Waals surface area contributed by atoms with Gasteiger partial charge in [-0.15, -0.1) is 5.10 Å². The molecule has 0 aliphatic carbocycles. The molecule has 3 rings (SSSR count). The van der Waals surface area contributed by atoms with E-state index in [0.717, 1.165) is 0 Å². The van der Waals surface area contributed by atoms with Crippen molar-refractivity contribution in [1.82, 2.24) is 19.6 Å². The average molecular weight is 370 g/mol. The van der Waals surface area contributed by atoms with Crippen LogP contribution in [0, 0.1) is 0 Å². The Hall–Kier alpha value is -3.00. The number of aromatic nitrogens is 4. The predicted octanol–water partition coefficient (Wildman–Crippen LogP) is 2.01. The second kappa shape index (κ2) is 6.96. The van der Waals surface area contributed by atoms with E-state index in [-0.39, 0.29) is 17.6 Å². The summed E-state index contributed by atoms with van der Waals surface area (Å²) < 4.78 is 8.34. The van der Waals surface area contributed by atoms with Gasteiger partial charge in [0.15, 0.2) is 0 Å². The molecular weight excluding hydrogens is 348 g/mol. The highest BCUT2D eigenvalue weighted by Crippen LogP contribution is 2.20. The Labute approximate surface area is 156 Å². The second-order valence-electron chi connectivity index (χ2n) is 6.69. The first kappa shape index (κ1) is 18.8. The van der Waals surface area contributed by atoms with Crippen LogP contribution in [0.4, 0.5) is 0 Å². The van der Waals surface area contributed by atoms with E-state index < -0.39 is 11.6 Å². The van der Waals surface area contributed by atoms with Gasteiger partial charge in [-0.25, -0.2) is 9.48 Å². The van der Waals surface area contributed by atoms with Crippen LogP contribution in [-0.2, 0) is 16.9 Å². The number of pyridine rings is 1. The summed E-state index contributed by atoms with van der Waals surface area (Å²) in [5.74, 6) is -0.623. The van der Waals surface area contributed by atoms with Gasteiger partial charge in [-0.05, 0) is 45.9 Å². The smallest absolute Gasteiger partial charge is 0.343 e. The third-order valence-electron chi connectivity index (χ3n) is 4.29. The van der Waals surface area contributed by atoms with Crippen molar-refractivity contribution in [3.63, 3.8) is 0 Å². The molecule has 1 aromatic carbocycles. The molecule has 0 bridgehead atoms. The summed E-state index contributed by atoms with van der Waals surface area (Å²) in [6.07, 6.45) is 3.17. The van der Waals surface area contributed by atoms with E-state index >= 15 is 0 Å². The SMILES string of the molecule is CCOC(=O)c1cn(CC)c2cc(-n3cc(C(C)(C)O)nn3)ccc2c1=O. The molecule has 0 spiro atoms. The fraction of sp³-hybridized carbons (Fsp3) is 0.368. The molecule has 0 radical (unpaired) electrons. The zero-order valence-corrected chi connectivity index (χ0v) is 15.8. The van der Waals surface area contributed by atoms with Gasteiger partial charge in [-0.2, -0.15) is 0 Å². The Morgan fingerprint density at radius 3 is 2.59 bits per heavy atom. The number of carbonyl (C=O) groups excluding carboxylic acids is 1. The van der Waals surface area contributed by atoms with Crippen molar-refractivity contribution in [1.29, 1.82) is 0 Å². The van der Waals surface area contributed by atoms with Crippen molar-refractivity contribution in [2.24, 2.45) is 0 Å². The van der Waals surface area contributed by atoms with Crippen LogP contribution >= 0.6 is 0 Å². The van der Waals surface area contributed by atoms with Crippen LogP contribution in [0.5, 0.6) is 0 Å². The van der Waals surface area contributed by atoms with E-state index in [4.69, 9.17) is 4.74 Å². The van der Waals surface area contributed by atoms with Gasteiger partial charge in [0, 0.05) is 18.1 Å². The van der Waals surface area contributed by atoms with Gasteiger partial charge in [0.2, 0.25) is 5.43 Å². The molecule has 2 aromatic heterocycles. The van der Waals surface area contributed by atoms with Gasteiger partial charge < -0.3 is 14.4 Å². The van der Waals surface area contributed by atoms with E-state index in [1.54, 1.807) is 45.2 Å². The van der Waals surface area contributed by atoms with E-state index in [2.05, 4.69) is 10.3 Å². The lowest BCUT2D eigenvalue weighted by molar-refractivity contribution is 0.0524. The van der Waals surface area contributed by atoms with Crippen LogP contribution < -0.4 is 5.43 Å². The largest absolute Gasteiger partial charge is 0.462 e. The summed E-state index contributed by atoms with van der Waals surface area (Å²) in [6.45, 7) is 7.66. The number of rotatable bonds is 5. The molecule has 0 saturated carbocycles. The molecule has 0 aliphatic heterocycles. The van der Waals surface area contributed by atoms with Crippen molar-refractivity contribution in [3.8, 4) is 5.69 Å². The third kappa shape index (κ3) is 3.48. The maximum absolute atomic E-state index is 12.7. The van der Waals surface area contributed by atoms with Crippen LogP contribution in [0.15, 0.2) is 35.4 Å². The van der Waals surface area contributed by atoms with Crippen LogP contribution in [0.3, 0.4) is 0 Å². The molecule has 0 atom stereocenters. The normalized spacial score (nSPS) is 11.7. The topological polar surface area (TPSA) is 99.2 Å². The number of hydrogen-bond acceptors (Lipinski definition) is 6. The molecular formula is C19H22N4O4. The fourth-order valence-corrected chi connectivity index (χ4v) is 2.81. The molecule has 27 heavy (non-hydrogen) atoms. The number of fused-ring (bicyclic) bond motifs is 1. The molecule has 0 amide bonds. The molecule has 0 unspecified atom stereocenters. The lowest BCUT2D eigenvalue weighted by Crippen LogP contribution is -2.21. The first-order valence-corrected chi connectivity index (χ1v) is 8.76. The molecule has 2 heterocycles. The first-order chi connectivity index (χ1) is 12.8. The van der Waals surface area contributed by atoms with E-state index in [1.165, 1.54) is 10.9 Å². The van der Waals surface area contributed by atoms with E-state index in [0.29, 0.717) is 28.8 Å². The quantitative estimate of drug-likeness (QED) is 0.690. The van der Waals surface area contributed by atoms with Crippen LogP contribution in [0.1, 0.15) is 43.7 Å². The van der Waals surface area contributed by atoms with Gasteiger partial charge in [-0.3, -0.25) is 4.79 Å². The molecule has 1 N–H and O–H groups in total. The highest BCUT2D eigenvalue weighted by Gasteiger charge is 2.21. The van der Waals surface area contributed by atoms with E-state index in [1.807, 2.05) is 11.5 Å². The fourth-order valence-electron chi connectivity index (χ4n) is 2.81. The van der Waals surface area contributed by atoms with Crippen LogP contribution in [0.2, 0.25) is 0 Å². The number of aryl methyl sites for hydroxylation is 1. The average Bonchev–Trinajstić information content (AvgIpc) is 3.12. The van der Waals surface area contributed by atoms with Gasteiger partial charge in [0.1, 0.15) is 16.9 Å². The Balaban J connectivity index is 2.15. The maximum Gasteiger partial charge on any atom is 0.343 e. The van der Waals surface area contributed by atoms with Crippen molar-refractivity contribution in [2.75, 3.05) is 6.61 Å². The Kier molecular flexibility index (Phi) is 4.84. The monoisotopic (exact) mass is 370 g/mol. The third-order valence-corrected chi connectivity index (χ3v) is 4.29. The minimum Gasteiger partial charge on any atom is -0.462 e. The number of aliphatic hydroxyl groups is 1. The summed E-state index contributed by atoms with van der Waals surface area (Å²) in [7, 11) is 0. The van der Waals surface area contributed by atoms with Gasteiger partial charge in [-0.1, -0.05) is 5.21 Å². The molecule has 142 valence electrons. The summed E-state index contributed by atoms with van der Waals surface area (Å²) in [5.41, 5.74) is 0.354. The zero-order valence-electron chi connectivity index (χ0n) is 15.8. The molecule has 0 saturated heterocycles. The summed E-state index contributed by atoms with van der Waals surface area (Å²) >= 11 is 0. The maximum atomic E-state index is 12.7. The minimum absolute atomic E-state index is 0.0176. The number of ether oxygens (including phenoxy) is 1. The summed E-state index contributed by atoms with van der Waals surface area (Å²) in [5, 5.41) is 18.5. The molecule has 8 heteroatoms. The standard InChI is InChI=1S/C19H22N4O4/c1-5-22-10-14(18(25)27-6-2)17(24)13-8-7-12(9-15(13)22)23-11-16(20-21-23)19(3,4)26/h7-11,26H,5-6H2,1-4H3. The molecule has 8 nitrogen and oxygen atoms in total. The molecule has 3 aromatic rings. The van der Waals surface area contributed by atoms with Gasteiger partial charge in [0.05, 0.1) is 24.0 Å². The second-order valence-corrected chi connectivity index (χ2v) is 6.69. The van der Waals surface area contributed by atoms with Crippen molar-refractivity contribution in [3.05, 3.63) is 52.1 Å². The summed E-state index contributed by atoms with van der Waals surface area (Å²) in [6, 6.07) is 5.19. The van der Waals surface area contributed by atoms with Crippen molar-refractivity contribution >= 4 is 16.9 Å². The Morgan fingerprint density at radius 1 is 1.26 bits per heavy atom. The number of benzene rings is 1. The number of nitrogens with zero attached hydrogens (tertiary/aromatic N) is 4. The first-order valence-electron chi connectivity index (χ1n) is 8.76. The van der Waals surface area contributed by atoms with Crippen molar-refractivity contribution < 1.29 is 14.6 Å². The number of hydrogen-bond donors (Lipinski definition) is 1. The minimum atomic E-state index is -1.10. The van der Waals surface area contributed by atoms with Gasteiger partial charge in [0.25, 0.3) is 0 Å². The highest BCUT2D eigenvalue weighted by atomic mass is 16.5. The zero-order chi connectivity index (χ0) is 19.8.